The highest BCUT2D eigenvalue weighted by Gasteiger charge is 2.34. The molecule has 1 fully saturated rings. The van der Waals surface area contributed by atoms with Gasteiger partial charge >= 0.3 is 0 Å². The standard InChI is InChI=1S/C17H21N7O/c1-11-6-15(21-8-12(11)7-18)22-13-9-24(10-14(13)25-3)16-4-5-20-17(19-2)23-16/h4-6,8,13-14H,9-10H2,1-3H3,(H,21,22)(H,19,20,23)/t13-,14+/m1/s1. The number of ether oxygens (including phenoxy) is 1. The molecule has 1 aliphatic heterocycles. The summed E-state index contributed by atoms with van der Waals surface area (Å²) in [5.74, 6) is 2.19. The van der Waals surface area contributed by atoms with Crippen molar-refractivity contribution in [3.8, 4) is 6.07 Å². The predicted molar refractivity (Wildman–Crippen MR) is 95.7 cm³/mol. The Morgan fingerprint density at radius 2 is 2.20 bits per heavy atom. The summed E-state index contributed by atoms with van der Waals surface area (Å²) in [6, 6.07) is 5.98. The molecule has 0 amide bonds. The van der Waals surface area contributed by atoms with Crippen molar-refractivity contribution in [1.82, 2.24) is 15.0 Å². The van der Waals surface area contributed by atoms with Crippen LogP contribution in [0.25, 0.3) is 0 Å². The molecule has 0 saturated carbocycles. The Labute approximate surface area is 146 Å². The highest BCUT2D eigenvalue weighted by Crippen LogP contribution is 2.23. The zero-order valence-corrected chi connectivity index (χ0v) is 14.5. The third-order valence-electron chi connectivity index (χ3n) is 4.32. The van der Waals surface area contributed by atoms with E-state index < -0.39 is 0 Å². The van der Waals surface area contributed by atoms with Crippen molar-refractivity contribution < 1.29 is 4.74 Å². The van der Waals surface area contributed by atoms with Crippen molar-refractivity contribution in [3.63, 3.8) is 0 Å². The number of hydrogen-bond acceptors (Lipinski definition) is 8. The van der Waals surface area contributed by atoms with Gasteiger partial charge < -0.3 is 20.3 Å². The molecule has 1 saturated heterocycles. The molecule has 2 aromatic rings. The molecule has 0 aliphatic carbocycles. The van der Waals surface area contributed by atoms with Gasteiger partial charge in [-0.1, -0.05) is 0 Å². The molecule has 8 heteroatoms. The van der Waals surface area contributed by atoms with E-state index in [-0.39, 0.29) is 12.1 Å². The number of methoxy groups -OCH3 is 1. The van der Waals surface area contributed by atoms with Crippen LogP contribution < -0.4 is 15.5 Å². The van der Waals surface area contributed by atoms with E-state index in [0.29, 0.717) is 11.5 Å². The van der Waals surface area contributed by atoms with Crippen molar-refractivity contribution >= 4 is 17.6 Å². The number of hydrogen-bond donors (Lipinski definition) is 2. The Morgan fingerprint density at radius 1 is 1.36 bits per heavy atom. The molecule has 2 atom stereocenters. The van der Waals surface area contributed by atoms with Gasteiger partial charge in [0.2, 0.25) is 5.95 Å². The van der Waals surface area contributed by atoms with Crippen LogP contribution in [-0.2, 0) is 4.74 Å². The topological polar surface area (TPSA) is 99.0 Å². The van der Waals surface area contributed by atoms with E-state index in [9.17, 15) is 0 Å². The molecule has 1 aliphatic rings. The zero-order chi connectivity index (χ0) is 17.8. The lowest BCUT2D eigenvalue weighted by Gasteiger charge is -2.19. The minimum Gasteiger partial charge on any atom is -0.377 e. The van der Waals surface area contributed by atoms with Gasteiger partial charge in [-0.05, 0) is 24.6 Å². The second kappa shape index (κ2) is 7.32. The van der Waals surface area contributed by atoms with Crippen LogP contribution in [0.5, 0.6) is 0 Å². The summed E-state index contributed by atoms with van der Waals surface area (Å²) < 4.78 is 5.64. The number of anilines is 3. The van der Waals surface area contributed by atoms with Crippen molar-refractivity contribution in [3.05, 3.63) is 35.7 Å². The average Bonchev–Trinajstić information content (AvgIpc) is 3.05. The molecule has 3 heterocycles. The minimum atomic E-state index is 0.00532. The van der Waals surface area contributed by atoms with Gasteiger partial charge in [0, 0.05) is 39.6 Å². The summed E-state index contributed by atoms with van der Waals surface area (Å²) in [5, 5.41) is 15.4. The van der Waals surface area contributed by atoms with Gasteiger partial charge in [-0.2, -0.15) is 10.2 Å². The Hall–Kier alpha value is -2.92. The van der Waals surface area contributed by atoms with Gasteiger partial charge in [-0.3, -0.25) is 0 Å². The van der Waals surface area contributed by atoms with E-state index >= 15 is 0 Å². The summed E-state index contributed by atoms with van der Waals surface area (Å²) >= 11 is 0. The first kappa shape index (κ1) is 16.9. The van der Waals surface area contributed by atoms with Gasteiger partial charge in [0.25, 0.3) is 0 Å². The van der Waals surface area contributed by atoms with E-state index in [2.05, 4.69) is 36.6 Å². The van der Waals surface area contributed by atoms with Gasteiger partial charge in [0.15, 0.2) is 0 Å². The SMILES string of the molecule is CNc1nccc(N2C[C@H](OC)[C@H](Nc3cc(C)c(C#N)cn3)C2)n1. The van der Waals surface area contributed by atoms with Crippen LogP contribution in [0.3, 0.4) is 0 Å². The first-order valence-electron chi connectivity index (χ1n) is 8.06. The molecule has 8 nitrogen and oxygen atoms in total. The van der Waals surface area contributed by atoms with Gasteiger partial charge in [-0.25, -0.2) is 9.97 Å². The highest BCUT2D eigenvalue weighted by atomic mass is 16.5. The molecule has 0 aromatic carbocycles. The van der Waals surface area contributed by atoms with Crippen molar-refractivity contribution in [1.29, 1.82) is 5.26 Å². The number of nitrogens with zero attached hydrogens (tertiary/aromatic N) is 5. The number of nitrogens with one attached hydrogen (secondary N) is 2. The summed E-state index contributed by atoms with van der Waals surface area (Å²) in [4.78, 5) is 15.1. The first-order chi connectivity index (χ1) is 12.1. The van der Waals surface area contributed by atoms with Crippen LogP contribution in [-0.4, -0.2) is 54.3 Å². The van der Waals surface area contributed by atoms with Gasteiger partial charge in [0.1, 0.15) is 17.7 Å². The summed E-state index contributed by atoms with van der Waals surface area (Å²) in [6.45, 7) is 3.36. The molecule has 0 radical (unpaired) electrons. The Balaban J connectivity index is 1.75. The summed E-state index contributed by atoms with van der Waals surface area (Å²) in [5.41, 5.74) is 1.49. The third-order valence-corrected chi connectivity index (χ3v) is 4.32. The molecular weight excluding hydrogens is 318 g/mol. The van der Waals surface area contributed by atoms with Gasteiger partial charge in [0.05, 0.1) is 17.7 Å². The lowest BCUT2D eigenvalue weighted by Crippen LogP contribution is -2.33. The van der Waals surface area contributed by atoms with Crippen LogP contribution in [0.15, 0.2) is 24.5 Å². The fourth-order valence-corrected chi connectivity index (χ4v) is 2.93. The second-order valence-corrected chi connectivity index (χ2v) is 5.91. The number of nitriles is 1. The van der Waals surface area contributed by atoms with E-state index in [0.717, 1.165) is 30.3 Å². The Kier molecular flexibility index (Phi) is 4.95. The predicted octanol–water partition coefficient (Wildman–Crippen LogP) is 1.41. The lowest BCUT2D eigenvalue weighted by atomic mass is 10.1. The van der Waals surface area contributed by atoms with E-state index in [1.165, 1.54) is 0 Å². The number of rotatable bonds is 5. The van der Waals surface area contributed by atoms with Crippen LogP contribution in [0.2, 0.25) is 0 Å². The highest BCUT2D eigenvalue weighted by molar-refractivity contribution is 5.49. The van der Waals surface area contributed by atoms with Crippen LogP contribution >= 0.6 is 0 Å². The molecule has 0 unspecified atom stereocenters. The lowest BCUT2D eigenvalue weighted by molar-refractivity contribution is 0.113. The molecule has 2 N–H and O–H groups in total. The maximum Gasteiger partial charge on any atom is 0.224 e. The van der Waals surface area contributed by atoms with Crippen molar-refractivity contribution in [2.75, 3.05) is 42.8 Å². The number of pyridine rings is 1. The summed E-state index contributed by atoms with van der Waals surface area (Å²) in [6.07, 6.45) is 3.34. The fraction of sp³-hybridized carbons (Fsp3) is 0.412. The number of aryl methyl sites for hydroxylation is 1. The van der Waals surface area contributed by atoms with E-state index in [1.54, 1.807) is 26.6 Å². The maximum absolute atomic E-state index is 9.02. The van der Waals surface area contributed by atoms with Crippen LogP contribution in [0, 0.1) is 18.3 Å². The minimum absolute atomic E-state index is 0.00532. The third kappa shape index (κ3) is 3.61. The first-order valence-corrected chi connectivity index (χ1v) is 8.06. The zero-order valence-electron chi connectivity index (χ0n) is 14.5. The number of aromatic nitrogens is 3. The molecule has 3 rings (SSSR count). The monoisotopic (exact) mass is 339 g/mol. The Bertz CT molecular complexity index is 789. The molecule has 0 spiro atoms. The largest absolute Gasteiger partial charge is 0.377 e. The fourth-order valence-electron chi connectivity index (χ4n) is 2.93. The molecule has 25 heavy (non-hydrogen) atoms. The molecular formula is C17H21N7O. The molecule has 2 aromatic heterocycles. The average molecular weight is 339 g/mol. The quantitative estimate of drug-likeness (QED) is 0.843. The van der Waals surface area contributed by atoms with E-state index in [4.69, 9.17) is 10.00 Å². The van der Waals surface area contributed by atoms with Crippen molar-refractivity contribution in [2.45, 2.75) is 19.1 Å². The van der Waals surface area contributed by atoms with Gasteiger partial charge in [-0.15, -0.1) is 0 Å². The molecule has 0 bridgehead atoms. The normalized spacial score (nSPS) is 19.5. The van der Waals surface area contributed by atoms with Crippen LogP contribution in [0.4, 0.5) is 17.6 Å². The summed E-state index contributed by atoms with van der Waals surface area (Å²) in [7, 11) is 3.50. The smallest absolute Gasteiger partial charge is 0.224 e. The van der Waals surface area contributed by atoms with Crippen molar-refractivity contribution in [2.24, 2.45) is 0 Å². The van der Waals surface area contributed by atoms with E-state index in [1.807, 2.05) is 19.1 Å². The second-order valence-electron chi connectivity index (χ2n) is 5.91. The maximum atomic E-state index is 9.02. The molecule has 130 valence electrons. The Morgan fingerprint density at radius 3 is 2.88 bits per heavy atom. The van der Waals surface area contributed by atoms with Crippen LogP contribution in [0.1, 0.15) is 11.1 Å².